The van der Waals surface area contributed by atoms with Crippen LogP contribution in [0.5, 0.6) is 0 Å². The molecule has 0 spiro atoms. The molecular formula is C5H9NO2. The van der Waals surface area contributed by atoms with Crippen LogP contribution in [0.2, 0.25) is 0 Å². The number of ether oxygens (including phenoxy) is 1. The van der Waals surface area contributed by atoms with E-state index >= 15 is 0 Å². The molecule has 0 saturated carbocycles. The van der Waals surface area contributed by atoms with E-state index in [-0.39, 0.29) is 12.5 Å². The van der Waals surface area contributed by atoms with Crippen molar-refractivity contribution in [2.75, 3.05) is 0 Å². The maximum atomic E-state index is 5.26. The minimum atomic E-state index is 0.0498. The van der Waals surface area contributed by atoms with Gasteiger partial charge in [0.05, 0.1) is 0 Å². The Kier molecular flexibility index (Phi) is 0.997. The second kappa shape index (κ2) is 1.69. The SMILES string of the molecule is C1CC2NOC(C1)O2. The molecule has 2 bridgehead atoms. The van der Waals surface area contributed by atoms with E-state index in [1.807, 2.05) is 0 Å². The molecule has 8 heavy (non-hydrogen) atoms. The van der Waals surface area contributed by atoms with Crippen LogP contribution in [0.15, 0.2) is 0 Å². The maximum absolute atomic E-state index is 5.26. The third-order valence-electron chi connectivity index (χ3n) is 1.55. The average Bonchev–Trinajstić information content (AvgIpc) is 2.12. The zero-order chi connectivity index (χ0) is 5.40. The summed E-state index contributed by atoms with van der Waals surface area (Å²) in [4.78, 5) is 5.00. The van der Waals surface area contributed by atoms with Gasteiger partial charge in [-0.3, -0.25) is 4.84 Å². The Morgan fingerprint density at radius 3 is 3.12 bits per heavy atom. The first-order chi connectivity index (χ1) is 3.95. The van der Waals surface area contributed by atoms with Crippen LogP contribution in [-0.4, -0.2) is 12.5 Å². The molecule has 2 aliphatic rings. The fourth-order valence-electron chi connectivity index (χ4n) is 1.11. The van der Waals surface area contributed by atoms with Gasteiger partial charge in [0.1, 0.15) is 6.23 Å². The second-order valence-corrected chi connectivity index (χ2v) is 2.22. The first kappa shape index (κ1) is 4.73. The molecule has 3 heteroatoms. The summed E-state index contributed by atoms with van der Waals surface area (Å²) >= 11 is 0. The molecule has 2 unspecified atom stereocenters. The lowest BCUT2D eigenvalue weighted by atomic mass is 10.2. The lowest BCUT2D eigenvalue weighted by Crippen LogP contribution is -2.22. The van der Waals surface area contributed by atoms with Gasteiger partial charge in [-0.2, -0.15) is 5.48 Å². The van der Waals surface area contributed by atoms with Gasteiger partial charge in [0.25, 0.3) is 0 Å². The summed E-state index contributed by atoms with van der Waals surface area (Å²) in [7, 11) is 0. The Labute approximate surface area is 47.9 Å². The van der Waals surface area contributed by atoms with Crippen molar-refractivity contribution in [2.24, 2.45) is 0 Å². The number of hydrogen-bond donors (Lipinski definition) is 1. The van der Waals surface area contributed by atoms with E-state index in [9.17, 15) is 0 Å². The zero-order valence-corrected chi connectivity index (χ0v) is 4.59. The fraction of sp³-hybridized carbons (Fsp3) is 1.00. The molecule has 2 saturated heterocycles. The van der Waals surface area contributed by atoms with E-state index in [0.29, 0.717) is 0 Å². The monoisotopic (exact) mass is 115 g/mol. The second-order valence-electron chi connectivity index (χ2n) is 2.22. The lowest BCUT2D eigenvalue weighted by Gasteiger charge is -2.14. The Morgan fingerprint density at radius 2 is 2.38 bits per heavy atom. The lowest BCUT2D eigenvalue weighted by molar-refractivity contribution is -0.0886. The van der Waals surface area contributed by atoms with Crippen molar-refractivity contribution >= 4 is 0 Å². The quantitative estimate of drug-likeness (QED) is 0.495. The van der Waals surface area contributed by atoms with Crippen LogP contribution in [0.4, 0.5) is 0 Å². The van der Waals surface area contributed by atoms with Gasteiger partial charge < -0.3 is 4.74 Å². The minimum absolute atomic E-state index is 0.0498. The number of fused-ring (bicyclic) bond motifs is 2. The third-order valence-corrected chi connectivity index (χ3v) is 1.55. The molecule has 2 atom stereocenters. The Bertz CT molecular complexity index is 82.4. The summed E-state index contributed by atoms with van der Waals surface area (Å²) in [6, 6.07) is 0. The van der Waals surface area contributed by atoms with Crippen molar-refractivity contribution in [3.8, 4) is 0 Å². The van der Waals surface area contributed by atoms with E-state index in [1.165, 1.54) is 6.42 Å². The first-order valence-corrected chi connectivity index (χ1v) is 3.02. The highest BCUT2D eigenvalue weighted by Gasteiger charge is 2.29. The summed E-state index contributed by atoms with van der Waals surface area (Å²) in [5, 5.41) is 0. The molecule has 46 valence electrons. The van der Waals surface area contributed by atoms with Crippen LogP contribution in [0, 0.1) is 0 Å². The summed E-state index contributed by atoms with van der Waals surface area (Å²) in [5.41, 5.74) is 2.80. The van der Waals surface area contributed by atoms with Crippen molar-refractivity contribution in [1.82, 2.24) is 5.48 Å². The topological polar surface area (TPSA) is 30.5 Å². The van der Waals surface area contributed by atoms with Crippen LogP contribution >= 0.6 is 0 Å². The standard InChI is InChI=1S/C5H9NO2/c1-2-4-6-8-5(3-1)7-4/h4-6H,1-3H2. The largest absolute Gasteiger partial charge is 0.331 e. The molecular weight excluding hydrogens is 106 g/mol. The average molecular weight is 115 g/mol. The van der Waals surface area contributed by atoms with Crippen molar-refractivity contribution in [3.63, 3.8) is 0 Å². The number of hydrogen-bond acceptors (Lipinski definition) is 3. The van der Waals surface area contributed by atoms with Crippen molar-refractivity contribution in [3.05, 3.63) is 0 Å². The molecule has 2 fully saturated rings. The van der Waals surface area contributed by atoms with Crippen LogP contribution in [0.25, 0.3) is 0 Å². The smallest absolute Gasteiger partial charge is 0.179 e. The fourth-order valence-corrected chi connectivity index (χ4v) is 1.11. The Hall–Kier alpha value is -0.120. The molecule has 0 radical (unpaired) electrons. The highest BCUT2D eigenvalue weighted by Crippen LogP contribution is 2.22. The first-order valence-electron chi connectivity index (χ1n) is 3.02. The van der Waals surface area contributed by atoms with E-state index in [4.69, 9.17) is 9.57 Å². The molecule has 1 N–H and O–H groups in total. The Balaban J connectivity index is 2.03. The summed E-state index contributed by atoms with van der Waals surface area (Å²) in [6.45, 7) is 0. The molecule has 0 aromatic heterocycles. The van der Waals surface area contributed by atoms with Gasteiger partial charge in [-0.15, -0.1) is 0 Å². The normalized spacial score (nSPS) is 45.0. The molecule has 2 rings (SSSR count). The van der Waals surface area contributed by atoms with Crippen molar-refractivity contribution in [1.29, 1.82) is 0 Å². The zero-order valence-electron chi connectivity index (χ0n) is 4.59. The van der Waals surface area contributed by atoms with Crippen molar-refractivity contribution in [2.45, 2.75) is 31.8 Å². The van der Waals surface area contributed by atoms with Gasteiger partial charge in [-0.25, -0.2) is 0 Å². The predicted octanol–water partition coefficient (Wildman–Crippen LogP) is 0.374. The molecule has 0 aliphatic carbocycles. The maximum Gasteiger partial charge on any atom is 0.179 e. The predicted molar refractivity (Wildman–Crippen MR) is 26.7 cm³/mol. The van der Waals surface area contributed by atoms with Gasteiger partial charge in [-0.05, 0) is 12.8 Å². The highest BCUT2D eigenvalue weighted by atomic mass is 16.8. The van der Waals surface area contributed by atoms with E-state index in [0.717, 1.165) is 12.8 Å². The number of rotatable bonds is 0. The van der Waals surface area contributed by atoms with Gasteiger partial charge >= 0.3 is 0 Å². The number of hydroxylamine groups is 1. The van der Waals surface area contributed by atoms with Gasteiger partial charge in [-0.1, -0.05) is 0 Å². The van der Waals surface area contributed by atoms with Crippen LogP contribution in [0.3, 0.4) is 0 Å². The molecule has 2 aliphatic heterocycles. The Morgan fingerprint density at radius 1 is 1.38 bits per heavy atom. The van der Waals surface area contributed by atoms with Gasteiger partial charge in [0.15, 0.2) is 6.29 Å². The summed E-state index contributed by atoms with van der Waals surface area (Å²) in [6.07, 6.45) is 3.60. The van der Waals surface area contributed by atoms with Crippen LogP contribution in [0.1, 0.15) is 19.3 Å². The van der Waals surface area contributed by atoms with E-state index < -0.39 is 0 Å². The highest BCUT2D eigenvalue weighted by molar-refractivity contribution is 4.65. The molecule has 0 aromatic carbocycles. The summed E-state index contributed by atoms with van der Waals surface area (Å²) < 4.78 is 5.26. The molecule has 0 aromatic rings. The van der Waals surface area contributed by atoms with Gasteiger partial charge in [0, 0.05) is 6.42 Å². The molecule has 3 nitrogen and oxygen atoms in total. The van der Waals surface area contributed by atoms with Gasteiger partial charge in [0.2, 0.25) is 0 Å². The summed E-state index contributed by atoms with van der Waals surface area (Å²) in [5.74, 6) is 0. The van der Waals surface area contributed by atoms with Crippen LogP contribution in [-0.2, 0) is 9.57 Å². The third kappa shape index (κ3) is 0.632. The van der Waals surface area contributed by atoms with E-state index in [1.54, 1.807) is 0 Å². The van der Waals surface area contributed by atoms with Crippen molar-refractivity contribution < 1.29 is 9.57 Å². The number of nitrogens with one attached hydrogen (secondary N) is 1. The van der Waals surface area contributed by atoms with E-state index in [2.05, 4.69) is 5.48 Å². The molecule has 2 heterocycles. The minimum Gasteiger partial charge on any atom is -0.331 e. The molecule has 0 amide bonds. The van der Waals surface area contributed by atoms with Crippen LogP contribution < -0.4 is 5.48 Å².